The third-order valence-corrected chi connectivity index (χ3v) is 5.06. The Labute approximate surface area is 100 Å². The standard InChI is InChI=1S/C15H26O/c1-6-16-15(5)10-8-12-11(2)13(15)7-9-14(12,3)4/h12-13H,2,6-10H2,1,3-5H3/t12-,13+,15?/m1/s1. The van der Waals surface area contributed by atoms with Gasteiger partial charge < -0.3 is 4.74 Å². The zero-order chi connectivity index (χ0) is 12.0. The van der Waals surface area contributed by atoms with Crippen molar-refractivity contribution in [1.82, 2.24) is 0 Å². The van der Waals surface area contributed by atoms with E-state index in [1.54, 1.807) is 0 Å². The van der Waals surface area contributed by atoms with Crippen molar-refractivity contribution in [2.75, 3.05) is 6.61 Å². The van der Waals surface area contributed by atoms with Crippen LogP contribution in [-0.4, -0.2) is 12.2 Å². The van der Waals surface area contributed by atoms with Crippen LogP contribution in [0.5, 0.6) is 0 Å². The van der Waals surface area contributed by atoms with Crippen molar-refractivity contribution in [2.24, 2.45) is 17.3 Å². The lowest BCUT2D eigenvalue weighted by molar-refractivity contribution is -0.105. The van der Waals surface area contributed by atoms with E-state index in [-0.39, 0.29) is 5.60 Å². The monoisotopic (exact) mass is 222 g/mol. The second-order valence-electron chi connectivity index (χ2n) is 6.49. The molecule has 0 aliphatic heterocycles. The van der Waals surface area contributed by atoms with E-state index < -0.39 is 0 Å². The molecule has 0 heterocycles. The third kappa shape index (κ3) is 1.73. The van der Waals surface area contributed by atoms with Gasteiger partial charge in [0.1, 0.15) is 0 Å². The molecule has 2 bridgehead atoms. The van der Waals surface area contributed by atoms with E-state index in [0.29, 0.717) is 11.3 Å². The van der Waals surface area contributed by atoms with Crippen LogP contribution in [0.4, 0.5) is 0 Å². The van der Waals surface area contributed by atoms with Gasteiger partial charge in [-0.15, -0.1) is 0 Å². The van der Waals surface area contributed by atoms with Gasteiger partial charge in [-0.1, -0.05) is 26.0 Å². The highest BCUT2D eigenvalue weighted by Crippen LogP contribution is 2.56. The minimum atomic E-state index is 0.0683. The van der Waals surface area contributed by atoms with E-state index in [1.807, 2.05) is 0 Å². The second kappa shape index (κ2) is 3.87. The molecule has 2 aliphatic carbocycles. The van der Waals surface area contributed by atoms with Crippen LogP contribution in [0, 0.1) is 17.3 Å². The maximum Gasteiger partial charge on any atom is 0.0719 e. The molecule has 2 rings (SSSR count). The molecule has 2 fully saturated rings. The summed E-state index contributed by atoms with van der Waals surface area (Å²) in [7, 11) is 0. The Morgan fingerprint density at radius 3 is 2.44 bits per heavy atom. The number of fused-ring (bicyclic) bond motifs is 2. The zero-order valence-corrected chi connectivity index (χ0v) is 11.3. The first-order valence-electron chi connectivity index (χ1n) is 6.73. The number of ether oxygens (including phenoxy) is 1. The fraction of sp³-hybridized carbons (Fsp3) is 0.867. The molecular weight excluding hydrogens is 196 g/mol. The van der Waals surface area contributed by atoms with Crippen LogP contribution in [0.3, 0.4) is 0 Å². The molecule has 0 amide bonds. The molecule has 0 spiro atoms. The van der Waals surface area contributed by atoms with Crippen molar-refractivity contribution in [2.45, 2.75) is 59.0 Å². The highest BCUT2D eigenvalue weighted by atomic mass is 16.5. The molecule has 0 aromatic heterocycles. The minimum Gasteiger partial charge on any atom is -0.375 e. The predicted octanol–water partition coefficient (Wildman–Crippen LogP) is 4.18. The molecule has 2 aliphatic rings. The van der Waals surface area contributed by atoms with E-state index in [1.165, 1.54) is 31.3 Å². The van der Waals surface area contributed by atoms with Crippen LogP contribution in [0.1, 0.15) is 53.4 Å². The Kier molecular flexibility index (Phi) is 2.94. The zero-order valence-electron chi connectivity index (χ0n) is 11.3. The lowest BCUT2D eigenvalue weighted by atomic mass is 9.54. The van der Waals surface area contributed by atoms with Crippen LogP contribution in [0.25, 0.3) is 0 Å². The molecule has 3 atom stereocenters. The summed E-state index contributed by atoms with van der Waals surface area (Å²) in [5.41, 5.74) is 2.00. The van der Waals surface area contributed by atoms with Crippen molar-refractivity contribution in [1.29, 1.82) is 0 Å². The molecule has 0 saturated heterocycles. The van der Waals surface area contributed by atoms with Gasteiger partial charge in [0, 0.05) is 12.5 Å². The molecule has 0 radical (unpaired) electrons. The maximum absolute atomic E-state index is 6.03. The Balaban J connectivity index is 2.23. The summed E-state index contributed by atoms with van der Waals surface area (Å²) in [6.45, 7) is 14.4. The Morgan fingerprint density at radius 1 is 1.19 bits per heavy atom. The van der Waals surface area contributed by atoms with E-state index >= 15 is 0 Å². The van der Waals surface area contributed by atoms with Crippen molar-refractivity contribution < 1.29 is 4.74 Å². The lowest BCUT2D eigenvalue weighted by Crippen LogP contribution is -2.50. The molecule has 0 aromatic carbocycles. The number of hydrogen-bond donors (Lipinski definition) is 0. The van der Waals surface area contributed by atoms with Gasteiger partial charge in [0.05, 0.1) is 5.60 Å². The highest BCUT2D eigenvalue weighted by molar-refractivity contribution is 5.21. The van der Waals surface area contributed by atoms with Gasteiger partial charge in [-0.2, -0.15) is 0 Å². The van der Waals surface area contributed by atoms with E-state index in [0.717, 1.165) is 12.5 Å². The quantitative estimate of drug-likeness (QED) is 0.637. The molecule has 0 N–H and O–H groups in total. The molecule has 0 aromatic rings. The summed E-state index contributed by atoms with van der Waals surface area (Å²) in [5.74, 6) is 1.32. The fourth-order valence-electron chi connectivity index (χ4n) is 4.00. The fourth-order valence-corrected chi connectivity index (χ4v) is 4.00. The average Bonchev–Trinajstić information content (AvgIpc) is 2.15. The molecule has 1 nitrogen and oxygen atoms in total. The Hall–Kier alpha value is -0.300. The normalized spacial score (nSPS) is 42.1. The topological polar surface area (TPSA) is 9.23 Å². The van der Waals surface area contributed by atoms with Gasteiger partial charge in [0.15, 0.2) is 0 Å². The Morgan fingerprint density at radius 2 is 1.81 bits per heavy atom. The van der Waals surface area contributed by atoms with E-state index in [4.69, 9.17) is 4.74 Å². The van der Waals surface area contributed by atoms with Crippen LogP contribution >= 0.6 is 0 Å². The van der Waals surface area contributed by atoms with Crippen molar-refractivity contribution >= 4 is 0 Å². The maximum atomic E-state index is 6.03. The van der Waals surface area contributed by atoms with Gasteiger partial charge in [-0.3, -0.25) is 0 Å². The van der Waals surface area contributed by atoms with Crippen molar-refractivity contribution in [3.8, 4) is 0 Å². The number of rotatable bonds is 2. The minimum absolute atomic E-state index is 0.0683. The van der Waals surface area contributed by atoms with Crippen LogP contribution in [0.2, 0.25) is 0 Å². The molecule has 92 valence electrons. The summed E-state index contributed by atoms with van der Waals surface area (Å²) >= 11 is 0. The first-order chi connectivity index (χ1) is 7.41. The highest BCUT2D eigenvalue weighted by Gasteiger charge is 2.50. The first-order valence-corrected chi connectivity index (χ1v) is 6.73. The largest absolute Gasteiger partial charge is 0.375 e. The van der Waals surface area contributed by atoms with Crippen LogP contribution < -0.4 is 0 Å². The van der Waals surface area contributed by atoms with E-state index in [9.17, 15) is 0 Å². The van der Waals surface area contributed by atoms with Crippen molar-refractivity contribution in [3.63, 3.8) is 0 Å². The van der Waals surface area contributed by atoms with E-state index in [2.05, 4.69) is 34.3 Å². The Bertz CT molecular complexity index is 292. The summed E-state index contributed by atoms with van der Waals surface area (Å²) in [4.78, 5) is 0. The van der Waals surface area contributed by atoms with Gasteiger partial charge in [-0.25, -0.2) is 0 Å². The smallest absolute Gasteiger partial charge is 0.0719 e. The molecule has 16 heavy (non-hydrogen) atoms. The summed E-state index contributed by atoms with van der Waals surface area (Å²) < 4.78 is 6.03. The van der Waals surface area contributed by atoms with Crippen molar-refractivity contribution in [3.05, 3.63) is 12.2 Å². The van der Waals surface area contributed by atoms with Crippen LogP contribution in [0.15, 0.2) is 12.2 Å². The molecule has 2 saturated carbocycles. The molecule has 1 heteroatoms. The molecular formula is C15H26O. The molecule has 1 unspecified atom stereocenters. The number of hydrogen-bond acceptors (Lipinski definition) is 1. The van der Waals surface area contributed by atoms with Gasteiger partial charge in [0.2, 0.25) is 0 Å². The SMILES string of the molecule is C=C1[C@H]2CCC(C)(OCC)[C@H]1CCC2(C)C. The second-order valence-corrected chi connectivity index (χ2v) is 6.49. The third-order valence-electron chi connectivity index (χ3n) is 5.06. The predicted molar refractivity (Wildman–Crippen MR) is 68.4 cm³/mol. The van der Waals surface area contributed by atoms with Gasteiger partial charge in [-0.05, 0) is 50.9 Å². The summed E-state index contributed by atoms with van der Waals surface area (Å²) in [6.07, 6.45) is 5.06. The average molecular weight is 222 g/mol. The summed E-state index contributed by atoms with van der Waals surface area (Å²) in [5, 5.41) is 0. The lowest BCUT2D eigenvalue weighted by Gasteiger charge is -2.54. The van der Waals surface area contributed by atoms with Crippen LogP contribution in [-0.2, 0) is 4.74 Å². The van der Waals surface area contributed by atoms with Gasteiger partial charge >= 0.3 is 0 Å². The first kappa shape index (κ1) is 12.2. The van der Waals surface area contributed by atoms with Gasteiger partial charge in [0.25, 0.3) is 0 Å². The summed E-state index contributed by atoms with van der Waals surface area (Å²) in [6, 6.07) is 0.